The van der Waals surface area contributed by atoms with E-state index in [-0.39, 0.29) is 37.7 Å². The highest BCUT2D eigenvalue weighted by molar-refractivity contribution is 5.90. The van der Waals surface area contributed by atoms with Gasteiger partial charge in [-0.15, -0.1) is 0 Å². The van der Waals surface area contributed by atoms with E-state index in [2.05, 4.69) is 10.3 Å². The fourth-order valence-electron chi connectivity index (χ4n) is 3.24. The minimum atomic E-state index is -4.63. The van der Waals surface area contributed by atoms with Gasteiger partial charge in [-0.05, 0) is 30.7 Å². The van der Waals surface area contributed by atoms with Crippen LogP contribution in [0.4, 0.5) is 42.6 Å². The summed E-state index contributed by atoms with van der Waals surface area (Å²) < 4.78 is 79.1. The second kappa shape index (κ2) is 8.41. The van der Waals surface area contributed by atoms with Crippen LogP contribution < -0.4 is 10.2 Å². The van der Waals surface area contributed by atoms with Gasteiger partial charge in [-0.1, -0.05) is 12.1 Å². The third-order valence-electron chi connectivity index (χ3n) is 4.65. The zero-order valence-electron chi connectivity index (χ0n) is 15.6. The predicted octanol–water partition coefficient (Wildman–Crippen LogP) is 4.86. The Balaban J connectivity index is 1.72. The van der Waals surface area contributed by atoms with Crippen molar-refractivity contribution in [3.8, 4) is 0 Å². The standard InChI is InChI=1S/C19H18F6N4O/c20-18(21,22)13-5-1-2-7-15(13)27-17(30)29-10-4-9-28(11-12-29)16-14(19(23,24)25)6-3-8-26-16/h1-3,5-8H,4,9-12H2,(H,27,30). The number of hydrogen-bond acceptors (Lipinski definition) is 3. The number of rotatable bonds is 2. The molecule has 1 N–H and O–H groups in total. The first kappa shape index (κ1) is 21.7. The monoisotopic (exact) mass is 432 g/mol. The smallest absolute Gasteiger partial charge is 0.354 e. The van der Waals surface area contributed by atoms with Gasteiger partial charge in [0, 0.05) is 32.4 Å². The topological polar surface area (TPSA) is 48.5 Å². The molecule has 1 aliphatic rings. The van der Waals surface area contributed by atoms with Gasteiger partial charge < -0.3 is 15.1 Å². The summed E-state index contributed by atoms with van der Waals surface area (Å²) in [6, 6.07) is 5.98. The maximum absolute atomic E-state index is 13.3. The Kier molecular flexibility index (Phi) is 6.09. The molecule has 11 heteroatoms. The van der Waals surface area contributed by atoms with Crippen molar-refractivity contribution < 1.29 is 31.1 Å². The van der Waals surface area contributed by atoms with Crippen molar-refractivity contribution in [1.82, 2.24) is 9.88 Å². The Morgan fingerprint density at radius 2 is 1.53 bits per heavy atom. The molecule has 1 fully saturated rings. The Morgan fingerprint density at radius 3 is 2.23 bits per heavy atom. The number of halogens is 6. The molecular weight excluding hydrogens is 414 g/mol. The molecule has 162 valence electrons. The first-order valence-corrected chi connectivity index (χ1v) is 9.06. The predicted molar refractivity (Wildman–Crippen MR) is 98.1 cm³/mol. The van der Waals surface area contributed by atoms with E-state index in [1.54, 1.807) is 0 Å². The average molecular weight is 432 g/mol. The van der Waals surface area contributed by atoms with Crippen LogP contribution in [0.15, 0.2) is 42.6 Å². The zero-order chi connectivity index (χ0) is 21.9. The van der Waals surface area contributed by atoms with Gasteiger partial charge in [0.15, 0.2) is 0 Å². The molecule has 1 saturated heterocycles. The lowest BCUT2D eigenvalue weighted by Gasteiger charge is -2.25. The van der Waals surface area contributed by atoms with Crippen LogP contribution in [0.3, 0.4) is 0 Å². The first-order valence-electron chi connectivity index (χ1n) is 9.06. The molecule has 0 atom stereocenters. The van der Waals surface area contributed by atoms with Gasteiger partial charge in [0.1, 0.15) is 5.82 Å². The van der Waals surface area contributed by atoms with Gasteiger partial charge in [0.25, 0.3) is 0 Å². The lowest BCUT2D eigenvalue weighted by molar-refractivity contribution is -0.138. The minimum Gasteiger partial charge on any atom is -0.354 e. The molecule has 2 amide bonds. The number of pyridine rings is 1. The van der Waals surface area contributed by atoms with Crippen LogP contribution in [-0.4, -0.2) is 42.1 Å². The number of carbonyl (C=O) groups is 1. The number of nitrogens with one attached hydrogen (secondary N) is 1. The number of alkyl halides is 6. The number of urea groups is 1. The Labute approximate surface area is 168 Å². The normalized spacial score (nSPS) is 15.7. The Morgan fingerprint density at radius 1 is 0.867 bits per heavy atom. The van der Waals surface area contributed by atoms with E-state index in [0.29, 0.717) is 6.42 Å². The zero-order valence-corrected chi connectivity index (χ0v) is 15.6. The van der Waals surface area contributed by atoms with Crippen LogP contribution in [-0.2, 0) is 12.4 Å². The summed E-state index contributed by atoms with van der Waals surface area (Å²) in [5, 5.41) is 2.26. The van der Waals surface area contributed by atoms with Crippen molar-refractivity contribution in [3.05, 3.63) is 53.7 Å². The number of benzene rings is 1. The Hall–Kier alpha value is -2.98. The average Bonchev–Trinajstić information content (AvgIpc) is 2.93. The van der Waals surface area contributed by atoms with Crippen LogP contribution in [0.5, 0.6) is 0 Å². The largest absolute Gasteiger partial charge is 0.419 e. The van der Waals surface area contributed by atoms with E-state index in [1.165, 1.54) is 34.2 Å². The van der Waals surface area contributed by atoms with E-state index in [0.717, 1.165) is 18.2 Å². The fourth-order valence-corrected chi connectivity index (χ4v) is 3.24. The van der Waals surface area contributed by atoms with Crippen molar-refractivity contribution in [2.45, 2.75) is 18.8 Å². The van der Waals surface area contributed by atoms with E-state index in [1.807, 2.05) is 0 Å². The van der Waals surface area contributed by atoms with Crippen molar-refractivity contribution in [1.29, 1.82) is 0 Å². The molecule has 3 rings (SSSR count). The maximum Gasteiger partial charge on any atom is 0.419 e. The van der Waals surface area contributed by atoms with Crippen molar-refractivity contribution in [2.75, 3.05) is 36.4 Å². The minimum absolute atomic E-state index is 0.0356. The SMILES string of the molecule is O=C(Nc1ccccc1C(F)(F)F)N1CCCN(c2ncccc2C(F)(F)F)CC1. The molecular formula is C19H18F6N4O. The van der Waals surface area contributed by atoms with Crippen LogP contribution in [0, 0.1) is 0 Å². The third-order valence-corrected chi connectivity index (χ3v) is 4.65. The lowest BCUT2D eigenvalue weighted by Crippen LogP contribution is -2.38. The highest BCUT2D eigenvalue weighted by atomic mass is 19.4. The number of hydrogen-bond donors (Lipinski definition) is 1. The van der Waals surface area contributed by atoms with Gasteiger partial charge in [0.2, 0.25) is 0 Å². The Bertz CT molecular complexity index is 899. The fraction of sp³-hybridized carbons (Fsp3) is 0.368. The molecule has 5 nitrogen and oxygen atoms in total. The second-order valence-electron chi connectivity index (χ2n) is 6.67. The molecule has 2 heterocycles. The number of para-hydroxylation sites is 1. The molecule has 0 spiro atoms. The number of nitrogens with zero attached hydrogens (tertiary/aromatic N) is 3. The molecule has 0 unspecified atom stereocenters. The van der Waals surface area contributed by atoms with Crippen LogP contribution in [0.1, 0.15) is 17.5 Å². The highest BCUT2D eigenvalue weighted by Crippen LogP contribution is 2.36. The molecule has 0 aliphatic carbocycles. The van der Waals surface area contributed by atoms with Crippen molar-refractivity contribution in [2.24, 2.45) is 0 Å². The summed E-state index contributed by atoms with van der Waals surface area (Å²) >= 11 is 0. The highest BCUT2D eigenvalue weighted by Gasteiger charge is 2.36. The first-order chi connectivity index (χ1) is 14.1. The van der Waals surface area contributed by atoms with E-state index in [4.69, 9.17) is 0 Å². The van der Waals surface area contributed by atoms with Crippen LogP contribution >= 0.6 is 0 Å². The van der Waals surface area contributed by atoms with Gasteiger partial charge in [-0.25, -0.2) is 9.78 Å². The van der Waals surface area contributed by atoms with E-state index < -0.39 is 29.5 Å². The molecule has 0 bridgehead atoms. The molecule has 1 aromatic carbocycles. The molecule has 1 aromatic heterocycles. The van der Waals surface area contributed by atoms with Crippen LogP contribution in [0.2, 0.25) is 0 Å². The molecule has 30 heavy (non-hydrogen) atoms. The summed E-state index contributed by atoms with van der Waals surface area (Å²) in [6.07, 6.45) is -7.61. The van der Waals surface area contributed by atoms with Gasteiger partial charge in [-0.2, -0.15) is 26.3 Å². The maximum atomic E-state index is 13.3. The number of amides is 2. The number of carbonyl (C=O) groups excluding carboxylic acids is 1. The summed E-state index contributed by atoms with van der Waals surface area (Å²) in [5.74, 6) is -0.227. The lowest BCUT2D eigenvalue weighted by atomic mass is 10.1. The second-order valence-corrected chi connectivity index (χ2v) is 6.67. The molecule has 0 saturated carbocycles. The summed E-state index contributed by atoms with van der Waals surface area (Å²) in [7, 11) is 0. The quantitative estimate of drug-likeness (QED) is 0.690. The third kappa shape index (κ3) is 4.95. The summed E-state index contributed by atoms with van der Waals surface area (Å²) in [4.78, 5) is 19.1. The van der Waals surface area contributed by atoms with Crippen molar-refractivity contribution in [3.63, 3.8) is 0 Å². The molecule has 1 aliphatic heterocycles. The van der Waals surface area contributed by atoms with E-state index in [9.17, 15) is 31.1 Å². The van der Waals surface area contributed by atoms with Crippen LogP contribution in [0.25, 0.3) is 0 Å². The van der Waals surface area contributed by atoms with Gasteiger partial charge >= 0.3 is 18.4 Å². The molecule has 0 radical (unpaired) electrons. The summed E-state index contributed by atoms with van der Waals surface area (Å²) in [6.45, 7) is 0.510. The molecule has 2 aromatic rings. The van der Waals surface area contributed by atoms with Crippen molar-refractivity contribution >= 4 is 17.5 Å². The number of anilines is 2. The van der Waals surface area contributed by atoms with Gasteiger partial charge in [-0.3, -0.25) is 0 Å². The summed E-state index contributed by atoms with van der Waals surface area (Å²) in [5.41, 5.74) is -2.22. The van der Waals surface area contributed by atoms with E-state index >= 15 is 0 Å². The number of aromatic nitrogens is 1. The van der Waals surface area contributed by atoms with Gasteiger partial charge in [0.05, 0.1) is 16.8 Å².